The number of aromatic nitrogens is 3. The van der Waals surface area contributed by atoms with Crippen molar-refractivity contribution in [2.45, 2.75) is 27.2 Å². The Kier molecular flexibility index (Phi) is 5.48. The number of hydrogen-bond acceptors (Lipinski definition) is 4. The number of amides is 1. The molecule has 0 spiro atoms. The highest BCUT2D eigenvalue weighted by Crippen LogP contribution is 2.20. The summed E-state index contributed by atoms with van der Waals surface area (Å²) in [7, 11) is 0. The van der Waals surface area contributed by atoms with Crippen molar-refractivity contribution in [2.24, 2.45) is 0 Å². The highest BCUT2D eigenvalue weighted by Gasteiger charge is 2.11. The molecule has 0 radical (unpaired) electrons. The number of anilines is 2. The van der Waals surface area contributed by atoms with Crippen LogP contribution in [0.3, 0.4) is 0 Å². The van der Waals surface area contributed by atoms with Gasteiger partial charge in [-0.15, -0.1) is 0 Å². The van der Waals surface area contributed by atoms with E-state index in [1.807, 2.05) is 30.5 Å². The van der Waals surface area contributed by atoms with Crippen LogP contribution in [0.25, 0.3) is 10.9 Å². The molecule has 2 heterocycles. The maximum Gasteiger partial charge on any atom is 0.270 e. The van der Waals surface area contributed by atoms with Gasteiger partial charge in [0.2, 0.25) is 0 Å². The normalized spacial score (nSPS) is 10.9. The van der Waals surface area contributed by atoms with E-state index in [-0.39, 0.29) is 5.91 Å². The Bertz CT molecular complexity index is 1210. The molecule has 30 heavy (non-hydrogen) atoms. The van der Waals surface area contributed by atoms with Crippen LogP contribution in [0.15, 0.2) is 54.7 Å². The lowest BCUT2D eigenvalue weighted by atomic mass is 10.1. The first-order valence-corrected chi connectivity index (χ1v) is 10.0. The predicted octanol–water partition coefficient (Wildman–Crippen LogP) is 4.60. The molecular weight excluding hydrogens is 374 g/mol. The van der Waals surface area contributed by atoms with Crippen LogP contribution in [0, 0.1) is 20.8 Å². The van der Waals surface area contributed by atoms with Gasteiger partial charge in [0.05, 0.1) is 0 Å². The average Bonchev–Trinajstić information content (AvgIpc) is 3.13. The number of nitrogens with one attached hydrogen (secondary N) is 3. The fraction of sp³-hybridized carbons (Fsp3) is 0.208. The van der Waals surface area contributed by atoms with Gasteiger partial charge in [0, 0.05) is 35.4 Å². The summed E-state index contributed by atoms with van der Waals surface area (Å²) in [6, 6.07) is 16.0. The van der Waals surface area contributed by atoms with Crippen LogP contribution >= 0.6 is 0 Å². The van der Waals surface area contributed by atoms with Crippen LogP contribution in [0.5, 0.6) is 0 Å². The summed E-state index contributed by atoms with van der Waals surface area (Å²) < 4.78 is 0. The Morgan fingerprint density at radius 2 is 1.83 bits per heavy atom. The molecule has 6 nitrogen and oxygen atoms in total. The number of benzene rings is 2. The summed E-state index contributed by atoms with van der Waals surface area (Å²) in [6.45, 7) is 6.46. The highest BCUT2D eigenvalue weighted by molar-refractivity contribution is 5.93. The molecular formula is C24H25N5O. The van der Waals surface area contributed by atoms with Gasteiger partial charge in [0.1, 0.15) is 17.3 Å². The van der Waals surface area contributed by atoms with Crippen LogP contribution < -0.4 is 10.6 Å². The van der Waals surface area contributed by atoms with Gasteiger partial charge >= 0.3 is 0 Å². The second-order valence-corrected chi connectivity index (χ2v) is 7.48. The number of H-pyrrole nitrogens is 1. The van der Waals surface area contributed by atoms with Crippen molar-refractivity contribution >= 4 is 28.3 Å². The molecule has 0 aliphatic carbocycles. The van der Waals surface area contributed by atoms with Gasteiger partial charge in [0.25, 0.3) is 5.91 Å². The Morgan fingerprint density at radius 1 is 1.00 bits per heavy atom. The molecule has 0 saturated heterocycles. The predicted molar refractivity (Wildman–Crippen MR) is 120 cm³/mol. The second-order valence-electron chi connectivity index (χ2n) is 7.48. The molecule has 4 rings (SSSR count). The number of carbonyl (C=O) groups excluding carboxylic acids is 1. The Labute approximate surface area is 175 Å². The third-order valence-electron chi connectivity index (χ3n) is 5.20. The zero-order chi connectivity index (χ0) is 21.1. The van der Waals surface area contributed by atoms with Crippen molar-refractivity contribution in [3.8, 4) is 0 Å². The molecule has 152 valence electrons. The number of carbonyl (C=O) groups is 1. The number of aromatic amines is 1. The van der Waals surface area contributed by atoms with E-state index >= 15 is 0 Å². The third kappa shape index (κ3) is 4.33. The number of fused-ring (bicyclic) bond motifs is 1. The lowest BCUT2D eigenvalue weighted by Gasteiger charge is -2.10. The smallest absolute Gasteiger partial charge is 0.270 e. The Balaban J connectivity index is 1.42. The van der Waals surface area contributed by atoms with E-state index in [4.69, 9.17) is 0 Å². The minimum Gasteiger partial charge on any atom is -0.361 e. The van der Waals surface area contributed by atoms with E-state index in [2.05, 4.69) is 57.6 Å². The molecule has 3 N–H and O–H groups in total. The van der Waals surface area contributed by atoms with Crippen molar-refractivity contribution in [2.75, 3.05) is 11.9 Å². The highest BCUT2D eigenvalue weighted by atomic mass is 16.1. The average molecular weight is 399 g/mol. The number of rotatable bonds is 6. The van der Waals surface area contributed by atoms with Gasteiger partial charge in [-0.25, -0.2) is 9.97 Å². The zero-order valence-corrected chi connectivity index (χ0v) is 17.4. The van der Waals surface area contributed by atoms with Crippen molar-refractivity contribution in [1.82, 2.24) is 20.3 Å². The standard InChI is InChI=1S/C24H25N5O/c1-15-8-9-19(12-16(15)2)29-23-13-22(27-17(3)28-23)24(30)25-11-10-18-14-26-21-7-5-4-6-20(18)21/h4-9,12-14,26H,10-11H2,1-3H3,(H,25,30)(H,27,28,29). The van der Waals surface area contributed by atoms with Crippen LogP contribution in [0.2, 0.25) is 0 Å². The molecule has 1 amide bonds. The summed E-state index contributed by atoms with van der Waals surface area (Å²) in [5, 5.41) is 7.42. The van der Waals surface area contributed by atoms with E-state index in [9.17, 15) is 4.79 Å². The Morgan fingerprint density at radius 3 is 2.67 bits per heavy atom. The van der Waals surface area contributed by atoms with Crippen LogP contribution in [-0.4, -0.2) is 27.4 Å². The molecule has 4 aromatic rings. The second kappa shape index (κ2) is 8.37. The summed E-state index contributed by atoms with van der Waals surface area (Å²) in [5.74, 6) is 0.946. The van der Waals surface area contributed by atoms with E-state index in [1.54, 1.807) is 13.0 Å². The van der Waals surface area contributed by atoms with E-state index in [0.717, 1.165) is 17.6 Å². The van der Waals surface area contributed by atoms with E-state index in [1.165, 1.54) is 22.1 Å². The molecule has 0 bridgehead atoms. The zero-order valence-electron chi connectivity index (χ0n) is 17.4. The van der Waals surface area contributed by atoms with Crippen molar-refractivity contribution < 1.29 is 4.79 Å². The largest absolute Gasteiger partial charge is 0.361 e. The number of aryl methyl sites for hydroxylation is 3. The molecule has 6 heteroatoms. The molecule has 0 unspecified atom stereocenters. The van der Waals surface area contributed by atoms with Crippen molar-refractivity contribution in [1.29, 1.82) is 0 Å². The topological polar surface area (TPSA) is 82.7 Å². The molecule has 2 aromatic carbocycles. The quantitative estimate of drug-likeness (QED) is 0.442. The van der Waals surface area contributed by atoms with Gasteiger partial charge in [-0.05, 0) is 62.1 Å². The fourth-order valence-corrected chi connectivity index (χ4v) is 3.45. The molecule has 0 fully saturated rings. The summed E-state index contributed by atoms with van der Waals surface area (Å²) in [4.78, 5) is 24.6. The first kappa shape index (κ1) is 19.6. The molecule has 2 aromatic heterocycles. The van der Waals surface area contributed by atoms with Gasteiger partial charge in [0.15, 0.2) is 0 Å². The summed E-state index contributed by atoms with van der Waals surface area (Å²) >= 11 is 0. The van der Waals surface area contributed by atoms with Gasteiger partial charge in [-0.1, -0.05) is 24.3 Å². The van der Waals surface area contributed by atoms with Gasteiger partial charge in [-0.2, -0.15) is 0 Å². The lowest BCUT2D eigenvalue weighted by molar-refractivity contribution is 0.0949. The minimum atomic E-state index is -0.205. The summed E-state index contributed by atoms with van der Waals surface area (Å²) in [5.41, 5.74) is 6.00. The van der Waals surface area contributed by atoms with Crippen molar-refractivity contribution in [3.63, 3.8) is 0 Å². The van der Waals surface area contributed by atoms with E-state index < -0.39 is 0 Å². The van der Waals surface area contributed by atoms with Gasteiger partial charge < -0.3 is 15.6 Å². The maximum atomic E-state index is 12.7. The molecule has 0 saturated carbocycles. The minimum absolute atomic E-state index is 0.205. The van der Waals surface area contributed by atoms with Gasteiger partial charge in [-0.3, -0.25) is 4.79 Å². The monoisotopic (exact) mass is 399 g/mol. The lowest BCUT2D eigenvalue weighted by Crippen LogP contribution is -2.27. The third-order valence-corrected chi connectivity index (χ3v) is 5.20. The molecule has 0 aliphatic rings. The van der Waals surface area contributed by atoms with Crippen LogP contribution in [0.4, 0.5) is 11.5 Å². The summed E-state index contributed by atoms with van der Waals surface area (Å²) in [6.07, 6.45) is 2.74. The van der Waals surface area contributed by atoms with Crippen molar-refractivity contribution in [3.05, 3.63) is 82.9 Å². The molecule has 0 atom stereocenters. The Hall–Kier alpha value is -3.67. The number of nitrogens with zero attached hydrogens (tertiary/aromatic N) is 2. The maximum absolute atomic E-state index is 12.7. The van der Waals surface area contributed by atoms with Crippen LogP contribution in [0.1, 0.15) is 33.0 Å². The first-order chi connectivity index (χ1) is 14.5. The number of hydrogen-bond donors (Lipinski definition) is 3. The number of para-hydroxylation sites is 1. The SMILES string of the molecule is Cc1nc(Nc2ccc(C)c(C)c2)cc(C(=O)NCCc2c[nH]c3ccccc23)n1. The first-order valence-electron chi connectivity index (χ1n) is 10.0. The fourth-order valence-electron chi connectivity index (χ4n) is 3.45. The van der Waals surface area contributed by atoms with E-state index in [0.29, 0.717) is 23.9 Å². The van der Waals surface area contributed by atoms with Crippen LogP contribution in [-0.2, 0) is 6.42 Å². The molecule has 0 aliphatic heterocycles.